The first-order chi connectivity index (χ1) is 45.1. The van der Waals surface area contributed by atoms with Crippen LogP contribution in [0.4, 0.5) is 0 Å². The van der Waals surface area contributed by atoms with Crippen molar-refractivity contribution in [3.05, 3.63) is 0 Å². The normalized spacial score (nSPS) is 32.4. The van der Waals surface area contributed by atoms with Crippen molar-refractivity contribution in [2.45, 2.75) is 438 Å². The Kier molecular flexibility index (Phi) is 50.1. The van der Waals surface area contributed by atoms with E-state index in [9.17, 15) is 5.11 Å². The van der Waals surface area contributed by atoms with E-state index in [0.717, 1.165) is 137 Å². The molecule has 2 heteroatoms. The molecule has 0 bridgehead atoms. The lowest BCUT2D eigenvalue weighted by molar-refractivity contribution is 0.108. The molecule has 10 aliphatic carbocycles. The summed E-state index contributed by atoms with van der Waals surface area (Å²) in [6.07, 6.45) is 53.2. The van der Waals surface area contributed by atoms with Gasteiger partial charge in [0.05, 0.1) is 6.10 Å². The third-order valence-corrected chi connectivity index (χ3v) is 29.1. The van der Waals surface area contributed by atoms with Gasteiger partial charge in [0, 0.05) is 6.61 Å². The summed E-state index contributed by atoms with van der Waals surface area (Å²) in [6, 6.07) is 0. The summed E-state index contributed by atoms with van der Waals surface area (Å²) in [5.74, 6) is 23.0. The maximum atomic E-state index is 9.36. The van der Waals surface area contributed by atoms with Crippen molar-refractivity contribution in [2.24, 2.45) is 159 Å². The number of rotatable bonds is 12. The van der Waals surface area contributed by atoms with Gasteiger partial charge in [-0.1, -0.05) is 348 Å². The third-order valence-electron chi connectivity index (χ3n) is 29.1. The van der Waals surface area contributed by atoms with E-state index in [4.69, 9.17) is 5.11 Å². The molecule has 10 saturated carbocycles. The molecule has 96 heavy (non-hydrogen) atoms. The van der Waals surface area contributed by atoms with Crippen LogP contribution in [0, 0.1) is 159 Å². The van der Waals surface area contributed by atoms with Gasteiger partial charge in [0.25, 0.3) is 0 Å². The van der Waals surface area contributed by atoms with Crippen molar-refractivity contribution in [1.82, 2.24) is 0 Å². The Morgan fingerprint density at radius 3 is 0.896 bits per heavy atom. The largest absolute Gasteiger partial charge is 0.396 e. The third kappa shape index (κ3) is 36.6. The summed E-state index contributed by atoms with van der Waals surface area (Å²) >= 11 is 0. The molecule has 0 amide bonds. The highest BCUT2D eigenvalue weighted by atomic mass is 16.3. The molecule has 15 atom stereocenters. The highest BCUT2D eigenvalue weighted by Crippen LogP contribution is 2.47. The minimum absolute atomic E-state index is 0.00463. The molecule has 576 valence electrons. The first-order valence-electron chi connectivity index (χ1n) is 44.4. The molecule has 10 rings (SSSR count). The van der Waals surface area contributed by atoms with E-state index < -0.39 is 0 Å². The van der Waals surface area contributed by atoms with Crippen molar-refractivity contribution >= 4 is 0 Å². The lowest BCUT2D eigenvalue weighted by Gasteiger charge is -2.36. The first kappa shape index (κ1) is 93.9. The second-order valence-corrected chi connectivity index (χ2v) is 39.9. The first-order valence-corrected chi connectivity index (χ1v) is 44.4. The predicted octanol–water partition coefficient (Wildman–Crippen LogP) is 30.7. The summed E-state index contributed by atoms with van der Waals surface area (Å²) in [5.41, 5.74) is 1.33. The standard InChI is InChI=1S/C11H22.4C10H20.C9H18O.2C9H18.C8H16O.C8H16/c1-9(2)11-8-6-4-5-7-10(11)3;1-8(2)9-6-5-7-10(9,3)4;1-8(2)10-7-5-4-6-9(10)3;1-9(2)10-7-5-3-4-6-8-10;1-4-9-6-5-7-10(9)8(2)3;1-7(2)9-5-3-4-8(9)6-10;1-8(2)9(3)6-4-5-7-9;1-7(2)9-6-4-5-8(9)3;1-6(2)7-4-3-5-8(7)9;1-6(2)8-5-4-7(8)3/h9-11H,4-8H2,1-3H3;8-9H,5-7H2,1-4H3;8-10H,4-7H2,1-3H3;9-10H,3-8H2,1-2H3;8-10H,4-7H2,1-3H3;7-10H,3-6H2,1-2H3;8H,4-7H2,1-3H3;7-9H,4-6H2,1-3H3;6-9H,3-5H2,1-2H3;6-8H,4-5H2,1-3H3. The maximum absolute atomic E-state index is 9.36. The monoisotopic (exact) mass is 1350 g/mol. The highest BCUT2D eigenvalue weighted by Gasteiger charge is 2.37. The smallest absolute Gasteiger partial charge is 0.0570 e. The fourth-order valence-electron chi connectivity index (χ4n) is 21.4. The molecular weight excluding hydrogens is 1160 g/mol. The van der Waals surface area contributed by atoms with Gasteiger partial charge in [-0.15, -0.1) is 0 Å². The van der Waals surface area contributed by atoms with Gasteiger partial charge in [-0.05, 0) is 242 Å². The number of hydrogen-bond donors (Lipinski definition) is 2. The zero-order chi connectivity index (χ0) is 72.9. The second-order valence-electron chi connectivity index (χ2n) is 39.9. The molecule has 0 radical (unpaired) electrons. The van der Waals surface area contributed by atoms with Crippen LogP contribution < -0.4 is 0 Å². The van der Waals surface area contributed by atoms with Crippen LogP contribution in [0.3, 0.4) is 0 Å². The number of aliphatic hydroxyl groups excluding tert-OH is 2. The Bertz CT molecular complexity index is 1700. The van der Waals surface area contributed by atoms with Crippen LogP contribution in [0.2, 0.25) is 0 Å². The van der Waals surface area contributed by atoms with Gasteiger partial charge in [0.2, 0.25) is 0 Å². The second kappa shape index (κ2) is 51.2. The molecule has 10 fully saturated rings. The Hall–Kier alpha value is -0.0800. The lowest BCUT2D eigenvalue weighted by atomic mass is 9.69. The van der Waals surface area contributed by atoms with E-state index in [2.05, 4.69) is 194 Å². The van der Waals surface area contributed by atoms with Crippen molar-refractivity contribution in [2.75, 3.05) is 6.61 Å². The summed E-state index contributed by atoms with van der Waals surface area (Å²) in [5, 5.41) is 18.3. The van der Waals surface area contributed by atoms with Crippen molar-refractivity contribution in [3.63, 3.8) is 0 Å². The zero-order valence-corrected chi connectivity index (χ0v) is 71.8. The lowest BCUT2D eigenvalue weighted by Crippen LogP contribution is -2.27. The average molecular weight is 1350 g/mol. The maximum Gasteiger partial charge on any atom is 0.0570 e. The Balaban J connectivity index is 0.000000534. The minimum Gasteiger partial charge on any atom is -0.396 e. The molecule has 0 aliphatic heterocycles. The quantitative estimate of drug-likeness (QED) is 0.191. The van der Waals surface area contributed by atoms with Gasteiger partial charge in [0.15, 0.2) is 0 Å². The summed E-state index contributed by atoms with van der Waals surface area (Å²) in [4.78, 5) is 0. The van der Waals surface area contributed by atoms with Crippen molar-refractivity contribution in [1.29, 1.82) is 0 Å². The topological polar surface area (TPSA) is 40.5 Å². The summed E-state index contributed by atoms with van der Waals surface area (Å²) < 4.78 is 0. The molecular formula is C94H188O2. The Morgan fingerprint density at radius 2 is 0.625 bits per heavy atom. The molecule has 0 saturated heterocycles. The zero-order valence-electron chi connectivity index (χ0n) is 71.8. The fraction of sp³-hybridized carbons (Fsp3) is 1.00. The number of aliphatic hydroxyl groups is 2. The molecule has 0 aromatic heterocycles. The van der Waals surface area contributed by atoms with E-state index in [1.807, 2.05) is 0 Å². The van der Waals surface area contributed by atoms with E-state index >= 15 is 0 Å². The molecule has 2 N–H and O–H groups in total. The van der Waals surface area contributed by atoms with E-state index in [1.165, 1.54) is 231 Å². The van der Waals surface area contributed by atoms with Gasteiger partial charge in [0.1, 0.15) is 0 Å². The molecule has 15 unspecified atom stereocenters. The molecule has 0 aromatic carbocycles. The van der Waals surface area contributed by atoms with Gasteiger partial charge < -0.3 is 10.2 Å². The van der Waals surface area contributed by atoms with Crippen molar-refractivity contribution in [3.8, 4) is 0 Å². The highest BCUT2D eigenvalue weighted by molar-refractivity contribution is 4.87. The minimum atomic E-state index is 0.00463. The van der Waals surface area contributed by atoms with Crippen LogP contribution in [0.25, 0.3) is 0 Å². The molecule has 0 aromatic rings. The van der Waals surface area contributed by atoms with Crippen molar-refractivity contribution < 1.29 is 10.2 Å². The molecule has 0 heterocycles. The van der Waals surface area contributed by atoms with Crippen LogP contribution >= 0.6 is 0 Å². The number of hydrogen-bond acceptors (Lipinski definition) is 2. The van der Waals surface area contributed by atoms with Crippen LogP contribution in [0.5, 0.6) is 0 Å². The van der Waals surface area contributed by atoms with E-state index in [0.29, 0.717) is 35.2 Å². The van der Waals surface area contributed by atoms with E-state index in [-0.39, 0.29) is 6.10 Å². The average Bonchev–Trinajstić information content (AvgIpc) is 1.65. The molecule has 2 nitrogen and oxygen atoms in total. The van der Waals surface area contributed by atoms with Gasteiger partial charge in [-0.2, -0.15) is 0 Å². The molecule has 0 spiro atoms. The summed E-state index contributed by atoms with van der Waals surface area (Å²) in [6.45, 7) is 66.3. The van der Waals surface area contributed by atoms with Gasteiger partial charge >= 0.3 is 0 Å². The van der Waals surface area contributed by atoms with Crippen LogP contribution in [-0.4, -0.2) is 22.9 Å². The van der Waals surface area contributed by atoms with E-state index in [1.54, 1.807) is 0 Å². The Labute approximate surface area is 609 Å². The van der Waals surface area contributed by atoms with Crippen LogP contribution in [0.15, 0.2) is 0 Å². The molecule has 10 aliphatic rings. The van der Waals surface area contributed by atoms with Crippen LogP contribution in [-0.2, 0) is 0 Å². The summed E-state index contributed by atoms with van der Waals surface area (Å²) in [7, 11) is 0. The Morgan fingerprint density at radius 1 is 0.292 bits per heavy atom. The van der Waals surface area contributed by atoms with Crippen LogP contribution in [0.1, 0.15) is 431 Å². The van der Waals surface area contributed by atoms with Gasteiger partial charge in [-0.25, -0.2) is 0 Å². The van der Waals surface area contributed by atoms with Gasteiger partial charge in [-0.3, -0.25) is 0 Å². The fourth-order valence-corrected chi connectivity index (χ4v) is 21.4. The predicted molar refractivity (Wildman–Crippen MR) is 435 cm³/mol. The SMILES string of the molecule is CC(C)C1(C)CCCC1.CC(C)C1CCC1C.CC(C)C1CCCC1(C)C.CC(C)C1CCCC1C.CC(C)C1CCCC1CO.CC(C)C1CCCC1O.CC(C)C1CCCCC1C.CC(C)C1CCCCCC1.CC(C)C1CCCCCC1C.CCC1CCCC1C(C)C.